The van der Waals surface area contributed by atoms with Crippen LogP contribution in [0.25, 0.3) is 0 Å². The van der Waals surface area contributed by atoms with Crippen molar-refractivity contribution in [3.05, 3.63) is 0 Å². The lowest BCUT2D eigenvalue weighted by molar-refractivity contribution is 0.106. The van der Waals surface area contributed by atoms with Crippen molar-refractivity contribution in [1.82, 2.24) is 10.2 Å². The van der Waals surface area contributed by atoms with Crippen LogP contribution in [0.3, 0.4) is 0 Å². The minimum atomic E-state index is -0.367. The van der Waals surface area contributed by atoms with Crippen molar-refractivity contribution >= 4 is 0 Å². The van der Waals surface area contributed by atoms with Gasteiger partial charge in [-0.25, -0.2) is 0 Å². The van der Waals surface area contributed by atoms with Gasteiger partial charge in [0.2, 0.25) is 0 Å². The van der Waals surface area contributed by atoms with Crippen LogP contribution < -0.4 is 5.32 Å². The topological polar surface area (TPSA) is 48.3 Å². The molecule has 0 aromatic heterocycles. The van der Waals surface area contributed by atoms with Gasteiger partial charge in [-0.1, -0.05) is 6.92 Å². The fourth-order valence-electron chi connectivity index (χ4n) is 2.47. The third-order valence-corrected chi connectivity index (χ3v) is 3.93. The second-order valence-corrected chi connectivity index (χ2v) is 5.84. The molecule has 0 saturated heterocycles. The summed E-state index contributed by atoms with van der Waals surface area (Å²) in [5.41, 5.74) is -0.367. The van der Waals surface area contributed by atoms with Crippen LogP contribution in [0.1, 0.15) is 40.0 Å². The number of nitriles is 1. The molecule has 1 saturated carbocycles. The van der Waals surface area contributed by atoms with E-state index in [-0.39, 0.29) is 5.54 Å². The fourth-order valence-corrected chi connectivity index (χ4v) is 2.47. The molecule has 1 unspecified atom stereocenters. The molecule has 1 aliphatic rings. The highest BCUT2D eigenvalue weighted by molar-refractivity contribution is 5.16. The molecule has 4 nitrogen and oxygen atoms in total. The summed E-state index contributed by atoms with van der Waals surface area (Å²) in [5, 5.41) is 13.2. The summed E-state index contributed by atoms with van der Waals surface area (Å²) < 4.78 is 5.18. The number of nitrogens with zero attached hydrogens (tertiary/aromatic N) is 2. The average Bonchev–Trinajstić information content (AvgIpc) is 3.23. The number of nitrogens with one attached hydrogen (secondary N) is 1. The van der Waals surface area contributed by atoms with Gasteiger partial charge < -0.3 is 4.74 Å². The van der Waals surface area contributed by atoms with Crippen molar-refractivity contribution in [2.75, 3.05) is 33.4 Å². The van der Waals surface area contributed by atoms with Crippen LogP contribution in [0.4, 0.5) is 0 Å². The Morgan fingerprint density at radius 2 is 2.16 bits per heavy atom. The van der Waals surface area contributed by atoms with Crippen LogP contribution in [-0.4, -0.2) is 49.8 Å². The maximum atomic E-state index is 9.70. The summed E-state index contributed by atoms with van der Waals surface area (Å²) in [6.07, 6.45) is 3.43. The van der Waals surface area contributed by atoms with Gasteiger partial charge in [0, 0.05) is 26.2 Å². The van der Waals surface area contributed by atoms with Crippen molar-refractivity contribution in [2.24, 2.45) is 5.92 Å². The van der Waals surface area contributed by atoms with E-state index < -0.39 is 0 Å². The molecule has 110 valence electrons. The monoisotopic (exact) mass is 267 g/mol. The van der Waals surface area contributed by atoms with E-state index in [0.717, 1.165) is 32.7 Å². The molecule has 1 N–H and O–H groups in total. The van der Waals surface area contributed by atoms with Crippen molar-refractivity contribution in [3.8, 4) is 6.07 Å². The first-order valence-corrected chi connectivity index (χ1v) is 7.49. The Kier molecular flexibility index (Phi) is 6.78. The molecule has 0 bridgehead atoms. The second kappa shape index (κ2) is 7.84. The Morgan fingerprint density at radius 3 is 2.58 bits per heavy atom. The maximum absolute atomic E-state index is 9.70. The van der Waals surface area contributed by atoms with Crippen molar-refractivity contribution in [3.63, 3.8) is 0 Å². The van der Waals surface area contributed by atoms with Gasteiger partial charge in [0.25, 0.3) is 0 Å². The summed E-state index contributed by atoms with van der Waals surface area (Å²) >= 11 is 0. The lowest BCUT2D eigenvalue weighted by Crippen LogP contribution is -2.56. The molecule has 1 atom stereocenters. The van der Waals surface area contributed by atoms with Crippen molar-refractivity contribution in [2.45, 2.75) is 51.6 Å². The molecule has 1 rings (SSSR count). The highest BCUT2D eigenvalue weighted by Crippen LogP contribution is 2.40. The lowest BCUT2D eigenvalue weighted by Gasteiger charge is -2.36. The van der Waals surface area contributed by atoms with Gasteiger partial charge in [0.15, 0.2) is 0 Å². The standard InChI is InChI=1S/C15H29N3O/c1-5-8-17-15(11-16,14-6-7-14)12-18(13(2)3)9-10-19-4/h13-14,17H,5-10,12H2,1-4H3. The Balaban J connectivity index is 2.70. The number of methoxy groups -OCH3 is 1. The molecule has 0 heterocycles. The molecule has 4 heteroatoms. The summed E-state index contributed by atoms with van der Waals surface area (Å²) in [6.45, 7) is 9.84. The minimum Gasteiger partial charge on any atom is -0.383 e. The normalized spacial score (nSPS) is 18.6. The zero-order valence-electron chi connectivity index (χ0n) is 12.9. The first-order valence-electron chi connectivity index (χ1n) is 7.49. The Labute approximate surface area is 118 Å². The third kappa shape index (κ3) is 4.76. The van der Waals surface area contributed by atoms with Crippen molar-refractivity contribution in [1.29, 1.82) is 5.26 Å². The Bertz CT molecular complexity index is 296. The Hall–Kier alpha value is -0.630. The van der Waals surface area contributed by atoms with E-state index >= 15 is 0 Å². The first-order chi connectivity index (χ1) is 9.09. The predicted molar refractivity (Wildman–Crippen MR) is 77.9 cm³/mol. The smallest absolute Gasteiger partial charge is 0.122 e. The number of rotatable bonds is 10. The number of hydrogen-bond acceptors (Lipinski definition) is 4. The van der Waals surface area contributed by atoms with E-state index in [2.05, 4.69) is 37.1 Å². The molecule has 1 fully saturated rings. The van der Waals surface area contributed by atoms with Gasteiger partial charge in [-0.2, -0.15) is 5.26 Å². The van der Waals surface area contributed by atoms with Gasteiger partial charge >= 0.3 is 0 Å². The highest BCUT2D eigenvalue weighted by Gasteiger charge is 2.46. The molecule has 0 aromatic carbocycles. The molecular formula is C15H29N3O. The van der Waals surface area contributed by atoms with Crippen LogP contribution >= 0.6 is 0 Å². The van der Waals surface area contributed by atoms with E-state index in [0.29, 0.717) is 12.0 Å². The predicted octanol–water partition coefficient (Wildman–Crippen LogP) is 2.02. The van der Waals surface area contributed by atoms with Gasteiger partial charge in [0.05, 0.1) is 12.7 Å². The Morgan fingerprint density at radius 1 is 1.47 bits per heavy atom. The maximum Gasteiger partial charge on any atom is 0.122 e. The first kappa shape index (κ1) is 16.4. The van der Waals surface area contributed by atoms with Gasteiger partial charge in [-0.3, -0.25) is 10.2 Å². The van der Waals surface area contributed by atoms with Crippen LogP contribution in [0.5, 0.6) is 0 Å². The molecule has 0 radical (unpaired) electrons. The van der Waals surface area contributed by atoms with E-state index in [1.807, 2.05) is 0 Å². The molecular weight excluding hydrogens is 238 g/mol. The summed E-state index contributed by atoms with van der Waals surface area (Å²) in [4.78, 5) is 2.35. The van der Waals surface area contributed by atoms with Gasteiger partial charge in [-0.15, -0.1) is 0 Å². The van der Waals surface area contributed by atoms with E-state index in [4.69, 9.17) is 4.74 Å². The average molecular weight is 267 g/mol. The number of hydrogen-bond donors (Lipinski definition) is 1. The SMILES string of the molecule is CCCNC(C#N)(CN(CCOC)C(C)C)C1CC1. The molecule has 0 spiro atoms. The molecule has 0 aliphatic heterocycles. The fraction of sp³-hybridized carbons (Fsp3) is 0.933. The zero-order valence-corrected chi connectivity index (χ0v) is 12.9. The lowest BCUT2D eigenvalue weighted by atomic mass is 9.93. The summed E-state index contributed by atoms with van der Waals surface area (Å²) in [7, 11) is 1.73. The largest absolute Gasteiger partial charge is 0.383 e. The zero-order chi connectivity index (χ0) is 14.3. The van der Waals surface area contributed by atoms with E-state index in [9.17, 15) is 5.26 Å². The summed E-state index contributed by atoms with van der Waals surface area (Å²) in [5.74, 6) is 0.521. The molecule has 19 heavy (non-hydrogen) atoms. The molecule has 0 amide bonds. The van der Waals surface area contributed by atoms with Crippen LogP contribution in [0, 0.1) is 17.2 Å². The van der Waals surface area contributed by atoms with Crippen LogP contribution in [0.15, 0.2) is 0 Å². The van der Waals surface area contributed by atoms with Crippen LogP contribution in [0.2, 0.25) is 0 Å². The number of ether oxygens (including phenoxy) is 1. The third-order valence-electron chi connectivity index (χ3n) is 3.93. The van der Waals surface area contributed by atoms with E-state index in [1.54, 1.807) is 7.11 Å². The second-order valence-electron chi connectivity index (χ2n) is 5.84. The quantitative estimate of drug-likeness (QED) is 0.658. The van der Waals surface area contributed by atoms with Gasteiger partial charge in [-0.05, 0) is 45.6 Å². The molecule has 0 aromatic rings. The minimum absolute atomic E-state index is 0.367. The van der Waals surface area contributed by atoms with Crippen molar-refractivity contribution < 1.29 is 4.74 Å². The van der Waals surface area contributed by atoms with Crippen LogP contribution in [-0.2, 0) is 4.74 Å². The summed E-state index contributed by atoms with van der Waals surface area (Å²) in [6, 6.07) is 3.02. The van der Waals surface area contributed by atoms with Gasteiger partial charge in [0.1, 0.15) is 5.54 Å². The molecule has 1 aliphatic carbocycles. The highest BCUT2D eigenvalue weighted by atomic mass is 16.5. The van der Waals surface area contributed by atoms with E-state index in [1.165, 1.54) is 12.8 Å².